The van der Waals surface area contributed by atoms with E-state index in [9.17, 15) is 13.0 Å². The van der Waals surface area contributed by atoms with Gasteiger partial charge >= 0.3 is 51.4 Å². The number of aliphatic hydroxyl groups excluding tert-OH is 1. The minimum absolute atomic E-state index is 0. The van der Waals surface area contributed by atoms with E-state index in [1.165, 1.54) is 25.7 Å². The molecule has 1 atom stereocenters. The van der Waals surface area contributed by atoms with Crippen LogP contribution in [0.4, 0.5) is 0 Å². The van der Waals surface area contributed by atoms with Crippen LogP contribution < -0.4 is 51.4 Å². The standard InChI is InChI=1S/C15H32O4S.K/c1-2-3-4-5-6-7-9-12-15(20(17,18)19)13-10-8-11-14-16;/h15-16H,2-14H2,1H3,(H,17,18,19);/q;+1/p-1. The van der Waals surface area contributed by atoms with Crippen molar-refractivity contribution >= 4 is 10.1 Å². The zero-order valence-electron chi connectivity index (χ0n) is 13.8. The first kappa shape index (κ1) is 24.8. The van der Waals surface area contributed by atoms with Crippen molar-refractivity contribution < 1.29 is 69.5 Å². The van der Waals surface area contributed by atoms with Crippen LogP contribution in [-0.4, -0.2) is 29.9 Å². The van der Waals surface area contributed by atoms with Gasteiger partial charge in [-0.15, -0.1) is 0 Å². The van der Waals surface area contributed by atoms with Crippen molar-refractivity contribution in [2.24, 2.45) is 0 Å². The Balaban J connectivity index is 0. The number of hydrogen-bond donors (Lipinski definition) is 1. The van der Waals surface area contributed by atoms with Gasteiger partial charge in [0, 0.05) is 11.9 Å². The third-order valence-corrected chi connectivity index (χ3v) is 5.01. The molecular weight excluding hydrogens is 315 g/mol. The molecule has 0 saturated heterocycles. The van der Waals surface area contributed by atoms with E-state index >= 15 is 0 Å². The van der Waals surface area contributed by atoms with E-state index in [1.54, 1.807) is 0 Å². The molecule has 0 bridgehead atoms. The Morgan fingerprint density at radius 2 is 1.29 bits per heavy atom. The van der Waals surface area contributed by atoms with Crippen LogP contribution in [-0.2, 0) is 10.1 Å². The second kappa shape index (κ2) is 16.4. The molecule has 0 aromatic heterocycles. The molecule has 0 spiro atoms. The Kier molecular flexibility index (Phi) is 19.3. The zero-order valence-corrected chi connectivity index (χ0v) is 17.8. The molecular formula is C15H31KO4S. The minimum Gasteiger partial charge on any atom is -0.748 e. The molecule has 0 aromatic rings. The van der Waals surface area contributed by atoms with E-state index < -0.39 is 15.4 Å². The van der Waals surface area contributed by atoms with Crippen LogP contribution >= 0.6 is 0 Å². The second-order valence-electron chi connectivity index (χ2n) is 5.60. The van der Waals surface area contributed by atoms with Crippen molar-refractivity contribution in [1.82, 2.24) is 0 Å². The van der Waals surface area contributed by atoms with Crippen molar-refractivity contribution in [3.8, 4) is 0 Å². The summed E-state index contributed by atoms with van der Waals surface area (Å²) in [6.45, 7) is 2.31. The SMILES string of the molecule is CCCCCCCCCC(CCCCCO)S(=O)(=O)[O-].[K+]. The largest absolute Gasteiger partial charge is 1.00 e. The summed E-state index contributed by atoms with van der Waals surface area (Å²) >= 11 is 0. The van der Waals surface area contributed by atoms with Crippen molar-refractivity contribution in [3.05, 3.63) is 0 Å². The number of rotatable bonds is 14. The molecule has 122 valence electrons. The van der Waals surface area contributed by atoms with Crippen LogP contribution in [0.15, 0.2) is 0 Å². The van der Waals surface area contributed by atoms with E-state index in [4.69, 9.17) is 5.11 Å². The van der Waals surface area contributed by atoms with Crippen LogP contribution in [0.3, 0.4) is 0 Å². The Labute approximate surface area is 173 Å². The van der Waals surface area contributed by atoms with Gasteiger partial charge in [0.1, 0.15) is 0 Å². The Hall–Kier alpha value is 1.51. The molecule has 4 nitrogen and oxygen atoms in total. The summed E-state index contributed by atoms with van der Waals surface area (Å²) in [5.74, 6) is 0. The summed E-state index contributed by atoms with van der Waals surface area (Å²) in [4.78, 5) is 0. The molecule has 0 aliphatic heterocycles. The van der Waals surface area contributed by atoms with Crippen LogP contribution in [0.1, 0.15) is 84.0 Å². The second-order valence-corrected chi connectivity index (χ2v) is 7.25. The van der Waals surface area contributed by atoms with E-state index in [0.29, 0.717) is 25.7 Å². The third kappa shape index (κ3) is 16.2. The molecule has 6 heteroatoms. The van der Waals surface area contributed by atoms with E-state index in [1.807, 2.05) is 0 Å². The van der Waals surface area contributed by atoms with E-state index in [-0.39, 0.29) is 58.0 Å². The first-order chi connectivity index (χ1) is 9.52. The maximum absolute atomic E-state index is 11.2. The summed E-state index contributed by atoms with van der Waals surface area (Å²) < 4.78 is 33.6. The van der Waals surface area contributed by atoms with Gasteiger partial charge in [-0.05, 0) is 19.3 Å². The maximum Gasteiger partial charge on any atom is 1.00 e. The topological polar surface area (TPSA) is 77.4 Å². The fourth-order valence-electron chi connectivity index (χ4n) is 2.42. The predicted molar refractivity (Wildman–Crippen MR) is 81.6 cm³/mol. The first-order valence-corrected chi connectivity index (χ1v) is 9.55. The smallest absolute Gasteiger partial charge is 0.748 e. The number of unbranched alkanes of at least 4 members (excludes halogenated alkanes) is 8. The van der Waals surface area contributed by atoms with Crippen LogP contribution in [0.25, 0.3) is 0 Å². The monoisotopic (exact) mass is 346 g/mol. The molecule has 0 saturated carbocycles. The quantitative estimate of drug-likeness (QED) is 0.284. The van der Waals surface area contributed by atoms with E-state index in [0.717, 1.165) is 25.7 Å². The summed E-state index contributed by atoms with van der Waals surface area (Å²) in [5, 5.41) is 7.95. The molecule has 0 heterocycles. The zero-order chi connectivity index (χ0) is 15.3. The molecule has 0 amide bonds. The molecule has 0 aromatic carbocycles. The maximum atomic E-state index is 11.2. The normalized spacial score (nSPS) is 12.9. The molecule has 0 rings (SSSR count). The molecule has 0 fully saturated rings. The van der Waals surface area contributed by atoms with Gasteiger partial charge in [-0.3, -0.25) is 0 Å². The molecule has 0 radical (unpaired) electrons. The summed E-state index contributed by atoms with van der Waals surface area (Å²) in [5.41, 5.74) is 0. The third-order valence-electron chi connectivity index (χ3n) is 3.72. The van der Waals surface area contributed by atoms with Gasteiger partial charge in [0.2, 0.25) is 0 Å². The summed E-state index contributed by atoms with van der Waals surface area (Å²) in [7, 11) is -4.17. The van der Waals surface area contributed by atoms with Gasteiger partial charge in [0.15, 0.2) is 0 Å². The van der Waals surface area contributed by atoms with Gasteiger partial charge in [0.25, 0.3) is 0 Å². The van der Waals surface area contributed by atoms with Crippen LogP contribution in [0.2, 0.25) is 0 Å². The predicted octanol–water partition coefficient (Wildman–Crippen LogP) is 0.598. The number of hydrogen-bond acceptors (Lipinski definition) is 4. The average Bonchev–Trinajstić information content (AvgIpc) is 2.38. The van der Waals surface area contributed by atoms with E-state index in [2.05, 4.69) is 6.92 Å². The molecule has 0 aliphatic rings. The van der Waals surface area contributed by atoms with Crippen LogP contribution in [0.5, 0.6) is 0 Å². The fraction of sp³-hybridized carbons (Fsp3) is 1.00. The Morgan fingerprint density at radius 1 is 0.857 bits per heavy atom. The Morgan fingerprint density at radius 3 is 1.71 bits per heavy atom. The van der Waals surface area contributed by atoms with Gasteiger partial charge in [-0.1, -0.05) is 64.7 Å². The van der Waals surface area contributed by atoms with Crippen molar-refractivity contribution in [3.63, 3.8) is 0 Å². The van der Waals surface area contributed by atoms with Crippen molar-refractivity contribution in [2.75, 3.05) is 6.61 Å². The molecule has 0 aliphatic carbocycles. The van der Waals surface area contributed by atoms with Gasteiger partial charge in [-0.2, -0.15) is 0 Å². The van der Waals surface area contributed by atoms with Gasteiger partial charge in [-0.25, -0.2) is 8.42 Å². The first-order valence-electron chi connectivity index (χ1n) is 8.08. The van der Waals surface area contributed by atoms with Gasteiger partial charge in [0.05, 0.1) is 10.1 Å². The molecule has 21 heavy (non-hydrogen) atoms. The van der Waals surface area contributed by atoms with Crippen molar-refractivity contribution in [1.29, 1.82) is 0 Å². The van der Waals surface area contributed by atoms with Gasteiger partial charge < -0.3 is 9.66 Å². The van der Waals surface area contributed by atoms with Crippen molar-refractivity contribution in [2.45, 2.75) is 89.2 Å². The van der Waals surface area contributed by atoms with Crippen LogP contribution in [0, 0.1) is 0 Å². The summed E-state index contributed by atoms with van der Waals surface area (Å²) in [6.07, 6.45) is 11.1. The average molecular weight is 347 g/mol. The Bertz CT molecular complexity index is 307. The summed E-state index contributed by atoms with van der Waals surface area (Å²) in [6, 6.07) is 0. The molecule has 1 unspecified atom stereocenters. The molecule has 1 N–H and O–H groups in total. The minimum atomic E-state index is -4.17. The fourth-order valence-corrected chi connectivity index (χ4v) is 3.33. The number of aliphatic hydroxyl groups is 1.